The molecule has 1 fully saturated rings. The number of rotatable bonds is 8. The highest BCUT2D eigenvalue weighted by atomic mass is 32.2. The molecule has 0 aliphatic carbocycles. The number of piperazine rings is 1. The topological polar surface area (TPSA) is 101 Å². The van der Waals surface area contributed by atoms with Crippen LogP contribution in [0.1, 0.15) is 11.1 Å². The predicted octanol–water partition coefficient (Wildman–Crippen LogP) is 3.56. The van der Waals surface area contributed by atoms with E-state index in [9.17, 15) is 22.2 Å². The molecule has 13 heteroatoms. The van der Waals surface area contributed by atoms with Crippen molar-refractivity contribution < 1.29 is 31.6 Å². The molecule has 1 aliphatic rings. The summed E-state index contributed by atoms with van der Waals surface area (Å²) in [5, 5.41) is 10.5. The molecule has 0 saturated carbocycles. The normalized spacial score (nSPS) is 15.6. The highest BCUT2D eigenvalue weighted by Crippen LogP contribution is 2.28. The second kappa shape index (κ2) is 11.1. The summed E-state index contributed by atoms with van der Waals surface area (Å²) in [5.41, 5.74) is 2.04. The zero-order chi connectivity index (χ0) is 25.7. The largest absolute Gasteiger partial charge is 0.573 e. The number of hydrogen-bond donors (Lipinski definition) is 1. The molecular weight excluding hydrogens is 499 g/mol. The van der Waals surface area contributed by atoms with Crippen LogP contribution in [0.4, 0.5) is 18.0 Å². The average molecular weight is 524 g/mol. The molecule has 0 spiro atoms. The smallest absolute Gasteiger partial charge is 0.445 e. The van der Waals surface area contributed by atoms with E-state index in [-0.39, 0.29) is 17.9 Å². The maximum Gasteiger partial charge on any atom is 0.573 e. The Morgan fingerprint density at radius 1 is 1.11 bits per heavy atom. The number of amides is 1. The van der Waals surface area contributed by atoms with Gasteiger partial charge in [-0.3, -0.25) is 9.11 Å². The van der Waals surface area contributed by atoms with Crippen molar-refractivity contribution in [1.29, 1.82) is 0 Å². The number of alkyl halides is 3. The SMILES string of the molecule is C=Cc1cc(COC(=O)N2CCN(CCS(=O)c3ccc4n[nH]nc4c3)CC2)ccc1OC(F)(F)F. The van der Waals surface area contributed by atoms with E-state index in [2.05, 4.69) is 31.6 Å². The van der Waals surface area contributed by atoms with Crippen LogP contribution < -0.4 is 4.74 Å². The number of nitrogens with zero attached hydrogens (tertiary/aromatic N) is 4. The quantitative estimate of drug-likeness (QED) is 0.482. The second-order valence-electron chi connectivity index (χ2n) is 8.03. The van der Waals surface area contributed by atoms with Gasteiger partial charge in [0.25, 0.3) is 0 Å². The van der Waals surface area contributed by atoms with E-state index in [1.807, 2.05) is 0 Å². The van der Waals surface area contributed by atoms with E-state index < -0.39 is 23.3 Å². The Balaban J connectivity index is 1.21. The van der Waals surface area contributed by atoms with Crippen molar-refractivity contribution in [2.24, 2.45) is 0 Å². The average Bonchev–Trinajstić information content (AvgIpc) is 3.34. The molecule has 1 N–H and O–H groups in total. The zero-order valence-electron chi connectivity index (χ0n) is 19.2. The Hall–Kier alpha value is -3.45. The van der Waals surface area contributed by atoms with Gasteiger partial charge in [0.1, 0.15) is 23.4 Å². The van der Waals surface area contributed by atoms with Crippen molar-refractivity contribution in [2.45, 2.75) is 17.9 Å². The number of halogens is 3. The molecular formula is C23H24F3N5O4S. The third-order valence-corrected chi connectivity index (χ3v) is 6.99. The summed E-state index contributed by atoms with van der Waals surface area (Å²) >= 11 is 0. The van der Waals surface area contributed by atoms with E-state index in [1.54, 1.807) is 23.1 Å². The molecule has 1 amide bonds. The molecule has 2 aromatic carbocycles. The first-order valence-corrected chi connectivity index (χ1v) is 12.4. The maximum absolute atomic E-state index is 12.7. The lowest BCUT2D eigenvalue weighted by atomic mass is 10.1. The van der Waals surface area contributed by atoms with Gasteiger partial charge < -0.3 is 14.4 Å². The summed E-state index contributed by atoms with van der Waals surface area (Å²) in [6.07, 6.45) is -4.07. The van der Waals surface area contributed by atoms with Crippen molar-refractivity contribution in [3.05, 3.63) is 54.1 Å². The van der Waals surface area contributed by atoms with Crippen molar-refractivity contribution in [2.75, 3.05) is 38.5 Å². The number of hydrogen-bond acceptors (Lipinski definition) is 7. The van der Waals surface area contributed by atoms with Crippen molar-refractivity contribution in [3.63, 3.8) is 0 Å². The number of fused-ring (bicyclic) bond motifs is 1. The molecule has 192 valence electrons. The Bertz CT molecular complexity index is 1260. The van der Waals surface area contributed by atoms with Crippen molar-refractivity contribution in [1.82, 2.24) is 25.2 Å². The van der Waals surface area contributed by atoms with E-state index in [0.29, 0.717) is 60.0 Å². The first kappa shape index (κ1) is 25.6. The van der Waals surface area contributed by atoms with E-state index >= 15 is 0 Å². The molecule has 1 atom stereocenters. The minimum absolute atomic E-state index is 0.0962. The van der Waals surface area contributed by atoms with Gasteiger partial charge in [0.2, 0.25) is 0 Å². The van der Waals surface area contributed by atoms with Gasteiger partial charge in [0.15, 0.2) is 0 Å². The first-order chi connectivity index (χ1) is 17.2. The van der Waals surface area contributed by atoms with Gasteiger partial charge in [-0.25, -0.2) is 4.79 Å². The number of aromatic amines is 1. The van der Waals surface area contributed by atoms with Crippen LogP contribution in [-0.2, 0) is 22.1 Å². The molecule has 3 aromatic rings. The van der Waals surface area contributed by atoms with Gasteiger partial charge in [-0.2, -0.15) is 15.4 Å². The minimum atomic E-state index is -4.81. The van der Waals surface area contributed by atoms with Crippen LogP contribution >= 0.6 is 0 Å². The summed E-state index contributed by atoms with van der Waals surface area (Å²) in [7, 11) is -1.18. The highest BCUT2D eigenvalue weighted by molar-refractivity contribution is 7.85. The summed E-state index contributed by atoms with van der Waals surface area (Å²) in [5.74, 6) is 0.0800. The van der Waals surface area contributed by atoms with Crippen LogP contribution in [0.3, 0.4) is 0 Å². The predicted molar refractivity (Wildman–Crippen MR) is 127 cm³/mol. The van der Waals surface area contributed by atoms with Crippen molar-refractivity contribution in [3.8, 4) is 5.75 Å². The van der Waals surface area contributed by atoms with Crippen LogP contribution in [0.5, 0.6) is 5.75 Å². The highest BCUT2D eigenvalue weighted by Gasteiger charge is 2.32. The molecule has 9 nitrogen and oxygen atoms in total. The van der Waals surface area contributed by atoms with E-state index in [0.717, 1.165) is 0 Å². The number of nitrogens with one attached hydrogen (secondary N) is 1. The zero-order valence-corrected chi connectivity index (χ0v) is 20.0. The molecule has 1 unspecified atom stereocenters. The van der Waals surface area contributed by atoms with Crippen LogP contribution in [0.2, 0.25) is 0 Å². The molecule has 4 rings (SSSR count). The van der Waals surface area contributed by atoms with Crippen LogP contribution in [0.15, 0.2) is 47.9 Å². The fourth-order valence-electron chi connectivity index (χ4n) is 3.75. The molecule has 2 heterocycles. The lowest BCUT2D eigenvalue weighted by molar-refractivity contribution is -0.274. The molecule has 1 saturated heterocycles. The van der Waals surface area contributed by atoms with Crippen LogP contribution in [0, 0.1) is 0 Å². The van der Waals surface area contributed by atoms with Crippen LogP contribution in [0.25, 0.3) is 17.1 Å². The van der Waals surface area contributed by atoms with Gasteiger partial charge in [-0.1, -0.05) is 18.7 Å². The monoisotopic (exact) mass is 523 g/mol. The Kier molecular flexibility index (Phi) is 7.89. The summed E-state index contributed by atoms with van der Waals surface area (Å²) in [4.78, 5) is 16.8. The van der Waals surface area contributed by atoms with Crippen LogP contribution in [-0.4, -0.2) is 80.4 Å². The number of ether oxygens (including phenoxy) is 2. The molecule has 1 aliphatic heterocycles. The Morgan fingerprint density at radius 3 is 2.58 bits per heavy atom. The minimum Gasteiger partial charge on any atom is -0.445 e. The number of H-pyrrole nitrogens is 1. The number of carbonyl (C=O) groups excluding carboxylic acids is 1. The number of carbonyl (C=O) groups is 1. The maximum atomic E-state index is 12.7. The van der Waals surface area contributed by atoms with Crippen molar-refractivity contribution >= 4 is 34.0 Å². The number of aromatic nitrogens is 3. The van der Waals surface area contributed by atoms with E-state index in [1.165, 1.54) is 24.3 Å². The van der Waals surface area contributed by atoms with E-state index in [4.69, 9.17) is 4.74 Å². The summed E-state index contributed by atoms with van der Waals surface area (Å²) < 4.78 is 59.4. The standard InChI is InChI=1S/C23H24F3N5O4S/c1-2-17-13-16(3-6-21(17)35-23(24,25)26)15-34-22(32)31-9-7-30(8-10-31)11-12-36(33)18-4-5-19-20(14-18)28-29-27-19/h2-6,13-14H,1,7-12,15H2,(H,27,28,29). The summed E-state index contributed by atoms with van der Waals surface area (Å²) in [6.45, 7) is 6.14. The van der Waals surface area contributed by atoms with Gasteiger partial charge in [-0.05, 0) is 35.9 Å². The second-order valence-corrected chi connectivity index (χ2v) is 9.60. The number of benzene rings is 2. The fraction of sp³-hybridized carbons (Fsp3) is 0.348. The lowest BCUT2D eigenvalue weighted by Crippen LogP contribution is -2.49. The molecule has 0 bridgehead atoms. The third-order valence-electron chi connectivity index (χ3n) is 5.66. The van der Waals surface area contributed by atoms with Gasteiger partial charge in [0, 0.05) is 48.9 Å². The third kappa shape index (κ3) is 6.61. The fourth-order valence-corrected chi connectivity index (χ4v) is 4.87. The Labute approximate surface area is 207 Å². The molecule has 1 aromatic heterocycles. The van der Waals surface area contributed by atoms with Gasteiger partial charge >= 0.3 is 12.5 Å². The summed E-state index contributed by atoms with van der Waals surface area (Å²) in [6, 6.07) is 9.32. The first-order valence-electron chi connectivity index (χ1n) is 11.1. The lowest BCUT2D eigenvalue weighted by Gasteiger charge is -2.33. The van der Waals surface area contributed by atoms with Gasteiger partial charge in [-0.15, -0.1) is 13.2 Å². The Morgan fingerprint density at radius 2 is 1.86 bits per heavy atom. The van der Waals surface area contributed by atoms with Gasteiger partial charge in [0.05, 0.1) is 10.8 Å². The molecule has 0 radical (unpaired) electrons. The molecule has 36 heavy (non-hydrogen) atoms.